The number of phenols is 1. The monoisotopic (exact) mass is 756 g/mol. The van der Waals surface area contributed by atoms with E-state index >= 15 is 8.78 Å². The lowest BCUT2D eigenvalue weighted by Crippen LogP contribution is -2.58. The Morgan fingerprint density at radius 2 is 1.93 bits per heavy atom. The van der Waals surface area contributed by atoms with Gasteiger partial charge in [0.2, 0.25) is 11.8 Å². The number of rotatable bonds is 8. The molecular weight excluding hydrogens is 710 g/mol. The minimum atomic E-state index is -1.26. The first kappa shape index (κ1) is 37.1. The Morgan fingerprint density at radius 3 is 2.69 bits per heavy atom. The van der Waals surface area contributed by atoms with Crippen LogP contribution < -0.4 is 14.4 Å². The quantitative estimate of drug-likeness (QED) is 0.238. The van der Waals surface area contributed by atoms with Crippen molar-refractivity contribution in [3.63, 3.8) is 0 Å². The molecular formula is C41H46F2N6O6. The van der Waals surface area contributed by atoms with Crippen LogP contribution >= 0.6 is 0 Å². The predicted octanol–water partition coefficient (Wildman–Crippen LogP) is 4.90. The second-order valence-electron chi connectivity index (χ2n) is 15.9. The Labute approximate surface area is 318 Å². The number of ether oxygens (including phenoxy) is 3. The Balaban J connectivity index is 1.22. The molecule has 2 aromatic carbocycles. The number of aromatic hydroxyl groups is 1. The molecule has 5 heterocycles. The zero-order valence-corrected chi connectivity index (χ0v) is 31.4. The molecule has 3 unspecified atom stereocenters. The Morgan fingerprint density at radius 1 is 1.13 bits per heavy atom. The van der Waals surface area contributed by atoms with Crippen LogP contribution in [0.25, 0.3) is 32.9 Å². The van der Waals surface area contributed by atoms with Gasteiger partial charge in [0.1, 0.15) is 39.6 Å². The maximum Gasteiger partial charge on any atom is 0.319 e. The summed E-state index contributed by atoms with van der Waals surface area (Å²) in [5.41, 5.74) is -1.88. The largest absolute Gasteiger partial charge is 0.508 e. The molecule has 4 fully saturated rings. The van der Waals surface area contributed by atoms with Crippen LogP contribution in [-0.2, 0) is 9.53 Å². The predicted molar refractivity (Wildman–Crippen MR) is 202 cm³/mol. The number of likely N-dealkylation sites (tertiary alicyclic amines) is 2. The highest BCUT2D eigenvalue weighted by atomic mass is 19.1. The second kappa shape index (κ2) is 14.3. The fourth-order valence-electron chi connectivity index (χ4n) is 9.37. The van der Waals surface area contributed by atoms with E-state index in [1.54, 1.807) is 18.7 Å². The second-order valence-corrected chi connectivity index (χ2v) is 15.9. The van der Waals surface area contributed by atoms with E-state index in [0.717, 1.165) is 58.3 Å². The van der Waals surface area contributed by atoms with Gasteiger partial charge in [0, 0.05) is 61.4 Å². The molecule has 55 heavy (non-hydrogen) atoms. The van der Waals surface area contributed by atoms with Crippen LogP contribution in [0, 0.1) is 35.3 Å². The Hall–Kier alpha value is -4.84. The van der Waals surface area contributed by atoms with Crippen LogP contribution in [0.2, 0.25) is 0 Å². The Kier molecular flexibility index (Phi) is 9.68. The number of hydrogen-bond donors (Lipinski definition) is 2. The molecule has 4 aromatic rings. The van der Waals surface area contributed by atoms with Crippen LogP contribution in [0.1, 0.15) is 51.5 Å². The molecule has 3 aliphatic heterocycles. The standard InChI is InChI=1S/C41H46F2N6O6/c1-5-28-30(42)10-9-26-16-27(51)17-29(32(26)28)35-34(43)36-33(38(44-35)53-4)37(48-14-15-54-22-40(3,52)21-48)46-39(45-36)55-23-41-11-6-8-31(41)47(13-7-12-41)18-25-19-49(20-25)24(2)50/h1,9-10,16-17,25,31,51-52H,6-8,11-15,18-23H2,2-4H3. The van der Waals surface area contributed by atoms with Gasteiger partial charge in [-0.2, -0.15) is 9.97 Å². The van der Waals surface area contributed by atoms with Gasteiger partial charge in [-0.1, -0.05) is 18.4 Å². The normalized spacial score (nSPS) is 24.7. The van der Waals surface area contributed by atoms with E-state index < -0.39 is 17.2 Å². The van der Waals surface area contributed by atoms with Gasteiger partial charge in [-0.05, 0) is 62.7 Å². The molecule has 3 atom stereocenters. The molecule has 0 bridgehead atoms. The first-order valence-corrected chi connectivity index (χ1v) is 18.9. The summed E-state index contributed by atoms with van der Waals surface area (Å²) in [7, 11) is 1.39. The number of carbonyl (C=O) groups excluding carboxylic acids is 1. The minimum absolute atomic E-state index is 0.0235. The van der Waals surface area contributed by atoms with Gasteiger partial charge >= 0.3 is 6.01 Å². The molecule has 4 aliphatic rings. The van der Waals surface area contributed by atoms with Crippen LogP contribution in [0.15, 0.2) is 24.3 Å². The third-order valence-corrected chi connectivity index (χ3v) is 11.9. The van der Waals surface area contributed by atoms with Crippen LogP contribution in [0.5, 0.6) is 17.6 Å². The first-order chi connectivity index (χ1) is 26.4. The number of halogens is 2. The molecule has 2 aromatic heterocycles. The van der Waals surface area contributed by atoms with Crippen molar-refractivity contribution < 1.29 is 38.0 Å². The molecule has 290 valence electrons. The molecule has 0 spiro atoms. The lowest BCUT2D eigenvalue weighted by Gasteiger charge is -2.49. The van der Waals surface area contributed by atoms with E-state index in [4.69, 9.17) is 25.6 Å². The summed E-state index contributed by atoms with van der Waals surface area (Å²) < 4.78 is 50.4. The summed E-state index contributed by atoms with van der Waals surface area (Å²) >= 11 is 0. The number of nitrogens with zero attached hydrogens (tertiary/aromatic N) is 6. The number of terminal acetylenes is 1. The van der Waals surface area contributed by atoms with Gasteiger partial charge in [-0.25, -0.2) is 13.8 Å². The molecule has 14 heteroatoms. The van der Waals surface area contributed by atoms with Gasteiger partial charge < -0.3 is 34.2 Å². The van der Waals surface area contributed by atoms with Crippen molar-refractivity contribution >= 4 is 33.4 Å². The van der Waals surface area contributed by atoms with E-state index in [2.05, 4.69) is 20.8 Å². The molecule has 12 nitrogen and oxygen atoms in total. The van der Waals surface area contributed by atoms with Gasteiger partial charge in [0.15, 0.2) is 5.82 Å². The number of amides is 1. The van der Waals surface area contributed by atoms with Crippen molar-refractivity contribution in [1.82, 2.24) is 24.8 Å². The lowest BCUT2D eigenvalue weighted by molar-refractivity contribution is -0.136. The minimum Gasteiger partial charge on any atom is -0.508 e. The fraction of sp³-hybridized carbons (Fsp3) is 0.512. The highest BCUT2D eigenvalue weighted by Crippen LogP contribution is 2.49. The van der Waals surface area contributed by atoms with E-state index in [1.807, 2.05) is 4.90 Å². The zero-order valence-electron chi connectivity index (χ0n) is 31.4. The number of phenolic OH excluding ortho intramolecular Hbond substituents is 1. The van der Waals surface area contributed by atoms with Crippen molar-refractivity contribution in [2.24, 2.45) is 11.3 Å². The molecule has 0 radical (unpaired) electrons. The average Bonchev–Trinajstić information content (AvgIpc) is 3.49. The molecule has 3 saturated heterocycles. The molecule has 2 N–H and O–H groups in total. The summed E-state index contributed by atoms with van der Waals surface area (Å²) in [6.07, 6.45) is 10.8. The van der Waals surface area contributed by atoms with Crippen molar-refractivity contribution in [1.29, 1.82) is 0 Å². The smallest absolute Gasteiger partial charge is 0.319 e. The highest BCUT2D eigenvalue weighted by molar-refractivity contribution is 6.04. The van der Waals surface area contributed by atoms with Gasteiger partial charge in [-0.15, -0.1) is 6.42 Å². The van der Waals surface area contributed by atoms with E-state index in [9.17, 15) is 15.0 Å². The molecule has 1 aliphatic carbocycles. The number of pyridine rings is 1. The van der Waals surface area contributed by atoms with Crippen molar-refractivity contribution in [2.75, 3.05) is 71.1 Å². The molecule has 1 saturated carbocycles. The number of aromatic nitrogens is 3. The van der Waals surface area contributed by atoms with Crippen molar-refractivity contribution in [3.05, 3.63) is 41.5 Å². The molecule has 8 rings (SSSR count). The fourth-order valence-corrected chi connectivity index (χ4v) is 9.37. The average molecular weight is 757 g/mol. The number of anilines is 1. The third kappa shape index (κ3) is 6.76. The summed E-state index contributed by atoms with van der Waals surface area (Å²) in [5, 5.41) is 22.6. The van der Waals surface area contributed by atoms with E-state index in [-0.39, 0.29) is 87.6 Å². The molecule has 1 amide bonds. The van der Waals surface area contributed by atoms with Gasteiger partial charge in [-0.3, -0.25) is 9.69 Å². The SMILES string of the molecule is C#Cc1c(F)ccc2cc(O)cc(-c3nc(OC)c4c(N5CCOCC(C)(O)C5)nc(OCC56CCCC5N(CC5CN(C(C)=O)C5)CCC6)nc4c3F)c12. The van der Waals surface area contributed by atoms with Crippen LogP contribution in [-0.4, -0.2) is 119 Å². The number of carbonyl (C=O) groups is 1. The maximum atomic E-state index is 17.3. The number of hydrogen-bond acceptors (Lipinski definition) is 11. The first-order valence-electron chi connectivity index (χ1n) is 18.9. The zero-order chi connectivity index (χ0) is 38.6. The highest BCUT2D eigenvalue weighted by Gasteiger charge is 2.49. The summed E-state index contributed by atoms with van der Waals surface area (Å²) in [6, 6.07) is 5.61. The van der Waals surface area contributed by atoms with E-state index in [1.165, 1.54) is 31.4 Å². The number of aliphatic hydroxyl groups is 1. The summed E-state index contributed by atoms with van der Waals surface area (Å²) in [6.45, 7) is 7.88. The van der Waals surface area contributed by atoms with Gasteiger partial charge in [0.25, 0.3) is 0 Å². The maximum absolute atomic E-state index is 17.3. The van der Waals surface area contributed by atoms with Crippen LogP contribution in [0.4, 0.5) is 14.6 Å². The topological polar surface area (TPSA) is 134 Å². The lowest BCUT2D eigenvalue weighted by atomic mass is 9.75. The summed E-state index contributed by atoms with van der Waals surface area (Å²) in [5.74, 6) is 1.41. The number of methoxy groups -OCH3 is 1. The third-order valence-electron chi connectivity index (χ3n) is 11.9. The Bertz CT molecular complexity index is 2210. The van der Waals surface area contributed by atoms with E-state index in [0.29, 0.717) is 30.5 Å². The van der Waals surface area contributed by atoms with Gasteiger partial charge in [0.05, 0.1) is 39.0 Å². The number of benzene rings is 2. The number of piperidine rings is 1. The van der Waals surface area contributed by atoms with Crippen LogP contribution in [0.3, 0.4) is 0 Å². The van der Waals surface area contributed by atoms with Crippen molar-refractivity contribution in [2.45, 2.75) is 57.6 Å². The number of fused-ring (bicyclic) bond motifs is 3. The summed E-state index contributed by atoms with van der Waals surface area (Å²) in [4.78, 5) is 32.2. The number of β-amino-alcohol motifs (C(OH)–C–C–N with tert-alkyl or cyclic N) is 1. The van der Waals surface area contributed by atoms with Crippen molar-refractivity contribution in [3.8, 4) is 41.2 Å².